The molecule has 1 aromatic heterocycles. The van der Waals surface area contributed by atoms with Crippen molar-refractivity contribution < 1.29 is 24.4 Å². The van der Waals surface area contributed by atoms with Crippen molar-refractivity contribution in [1.82, 2.24) is 9.88 Å². The zero-order valence-corrected chi connectivity index (χ0v) is 23.7. The van der Waals surface area contributed by atoms with Crippen LogP contribution in [0.25, 0.3) is 11.6 Å². The number of imide groups is 1. The molecule has 6 rings (SSSR count). The molecule has 1 saturated carbocycles. The molecule has 0 spiro atoms. The van der Waals surface area contributed by atoms with E-state index in [4.69, 9.17) is 4.65 Å². The number of para-hydroxylation sites is 1. The second-order valence-electron chi connectivity index (χ2n) is 12.0. The van der Waals surface area contributed by atoms with Gasteiger partial charge < -0.3 is 14.8 Å². The summed E-state index contributed by atoms with van der Waals surface area (Å²) in [5.74, 6) is -0.773. The number of pyridine rings is 1. The third-order valence-corrected chi connectivity index (χ3v) is 9.64. The number of rotatable bonds is 7. The van der Waals surface area contributed by atoms with Gasteiger partial charge in [0.25, 0.3) is 0 Å². The van der Waals surface area contributed by atoms with Crippen LogP contribution in [-0.4, -0.2) is 51.1 Å². The number of likely N-dealkylation sites (tertiary alicyclic amines) is 1. The first-order chi connectivity index (χ1) is 20.0. The van der Waals surface area contributed by atoms with Crippen molar-refractivity contribution in [2.24, 2.45) is 17.8 Å². The Labute approximate surface area is 242 Å². The number of carbonyl (C=O) groups is 2. The van der Waals surface area contributed by atoms with E-state index in [9.17, 15) is 19.7 Å². The van der Waals surface area contributed by atoms with E-state index < -0.39 is 13.0 Å². The number of nitrogens with zero attached hydrogens (tertiary/aromatic N) is 2. The van der Waals surface area contributed by atoms with Gasteiger partial charge in [-0.2, -0.15) is 0 Å². The number of benzene rings is 1. The van der Waals surface area contributed by atoms with E-state index in [1.807, 2.05) is 36.4 Å². The van der Waals surface area contributed by atoms with Crippen LogP contribution in [0.4, 0.5) is 0 Å². The average Bonchev–Trinajstić information content (AvgIpc) is 3.25. The Hall–Kier alpha value is -3.23. The molecule has 0 bridgehead atoms. The van der Waals surface area contributed by atoms with Crippen LogP contribution in [0.15, 0.2) is 59.8 Å². The summed E-state index contributed by atoms with van der Waals surface area (Å²) >= 11 is 0. The van der Waals surface area contributed by atoms with Crippen molar-refractivity contribution in [3.05, 3.63) is 71.1 Å². The van der Waals surface area contributed by atoms with Crippen molar-refractivity contribution in [3.63, 3.8) is 0 Å². The Morgan fingerprint density at radius 1 is 1.07 bits per heavy atom. The lowest BCUT2D eigenvalue weighted by Crippen LogP contribution is -2.46. The molecule has 1 aromatic carbocycles. The monoisotopic (exact) mass is 554 g/mol. The number of hydrogen-bond acceptors (Lipinski definition) is 6. The maximum absolute atomic E-state index is 13.9. The fourth-order valence-corrected chi connectivity index (χ4v) is 7.74. The quantitative estimate of drug-likeness (QED) is 0.261. The summed E-state index contributed by atoms with van der Waals surface area (Å²) in [6, 6.07) is 13.0. The molecule has 3 heterocycles. The standard InChI is InChI=1S/C33H39BN2O5/c1-2-21-19-25-31(33(39)36(32(25)38)24-11-4-3-5-12-24)26-20-34(40)41-29(30(21)26)16-15-22(27-13-8-9-17-35-27)18-23-10-6-7-14-28(23)37/h6-10,13-14,17-18,24-26,29,31,37,40H,2-5,11-12,15-16,19-20H2,1H3/b22-18-/t25-,26+,29-,31-/m1/s1. The van der Waals surface area contributed by atoms with E-state index >= 15 is 0 Å². The lowest BCUT2D eigenvalue weighted by atomic mass is 9.58. The van der Waals surface area contributed by atoms with Crippen molar-refractivity contribution in [2.75, 3.05) is 0 Å². The molecule has 2 aliphatic carbocycles. The van der Waals surface area contributed by atoms with E-state index in [2.05, 4.69) is 11.9 Å². The number of aromatic hydroxyl groups is 1. The number of phenolic OH excluding ortho intramolecular Hbond substituents is 1. The smallest absolute Gasteiger partial charge is 0.455 e. The number of allylic oxidation sites excluding steroid dienone is 2. The van der Waals surface area contributed by atoms with Gasteiger partial charge in [0.2, 0.25) is 11.8 Å². The van der Waals surface area contributed by atoms with Gasteiger partial charge in [0.1, 0.15) is 5.75 Å². The summed E-state index contributed by atoms with van der Waals surface area (Å²) in [5, 5.41) is 21.3. The minimum Gasteiger partial charge on any atom is -0.507 e. The van der Waals surface area contributed by atoms with Gasteiger partial charge in [-0.25, -0.2) is 0 Å². The molecule has 41 heavy (non-hydrogen) atoms. The third-order valence-electron chi connectivity index (χ3n) is 9.64. The highest BCUT2D eigenvalue weighted by Gasteiger charge is 2.58. The van der Waals surface area contributed by atoms with Crippen LogP contribution in [0.1, 0.15) is 76.0 Å². The molecule has 2 amide bonds. The van der Waals surface area contributed by atoms with Crippen molar-refractivity contribution in [3.8, 4) is 5.75 Å². The first-order valence-corrected chi connectivity index (χ1v) is 15.3. The predicted molar refractivity (Wildman–Crippen MR) is 158 cm³/mol. The molecule has 3 fully saturated rings. The van der Waals surface area contributed by atoms with Gasteiger partial charge in [-0.15, -0.1) is 0 Å². The van der Waals surface area contributed by atoms with Gasteiger partial charge in [-0.3, -0.25) is 19.5 Å². The number of phenols is 1. The highest BCUT2D eigenvalue weighted by Crippen LogP contribution is 2.52. The van der Waals surface area contributed by atoms with Crippen molar-refractivity contribution in [2.45, 2.75) is 83.2 Å². The minimum atomic E-state index is -0.988. The molecule has 214 valence electrons. The van der Waals surface area contributed by atoms with Crippen LogP contribution >= 0.6 is 0 Å². The largest absolute Gasteiger partial charge is 0.507 e. The number of fused-ring (bicyclic) bond motifs is 3. The summed E-state index contributed by atoms with van der Waals surface area (Å²) in [4.78, 5) is 33.8. The molecule has 2 aliphatic heterocycles. The molecular formula is C33H39BN2O5. The molecule has 8 heteroatoms. The highest BCUT2D eigenvalue weighted by atomic mass is 16.5. The molecule has 4 aliphatic rings. The van der Waals surface area contributed by atoms with Gasteiger partial charge in [-0.1, -0.05) is 56.0 Å². The van der Waals surface area contributed by atoms with Crippen molar-refractivity contribution >= 4 is 30.6 Å². The Morgan fingerprint density at radius 3 is 2.59 bits per heavy atom. The summed E-state index contributed by atoms with van der Waals surface area (Å²) in [5.41, 5.74) is 4.80. The van der Waals surface area contributed by atoms with Crippen LogP contribution < -0.4 is 0 Å². The zero-order valence-electron chi connectivity index (χ0n) is 23.7. The lowest BCUT2D eigenvalue weighted by molar-refractivity contribution is -0.143. The number of aromatic nitrogens is 1. The molecule has 2 N–H and O–H groups in total. The maximum Gasteiger partial charge on any atom is 0.455 e. The third kappa shape index (κ3) is 5.40. The van der Waals surface area contributed by atoms with Crippen molar-refractivity contribution in [1.29, 1.82) is 0 Å². The van der Waals surface area contributed by atoms with Gasteiger partial charge in [0.15, 0.2) is 0 Å². The van der Waals surface area contributed by atoms with Crippen LogP contribution in [0.2, 0.25) is 6.32 Å². The Morgan fingerprint density at radius 2 is 1.85 bits per heavy atom. The molecule has 0 unspecified atom stereocenters. The fourth-order valence-electron chi connectivity index (χ4n) is 7.74. The topological polar surface area (TPSA) is 100.0 Å². The normalized spacial score (nSPS) is 27.3. The van der Waals surface area contributed by atoms with Gasteiger partial charge in [-0.05, 0) is 86.2 Å². The number of carbonyl (C=O) groups excluding carboxylic acids is 2. The SMILES string of the molecule is CCC1=C2[C@@H](CC/C(=C/c3ccccc3O)c3ccccn3)OB(O)C[C@@H]2[C@@H]2C(=O)N(C3CCCCC3)C(=O)[C@@H]2C1. The second kappa shape index (κ2) is 11.9. The fraction of sp³-hybridized carbons (Fsp3) is 0.485. The molecule has 2 saturated heterocycles. The van der Waals surface area contributed by atoms with E-state index in [-0.39, 0.29) is 41.5 Å². The lowest BCUT2D eigenvalue weighted by Gasteiger charge is -2.43. The van der Waals surface area contributed by atoms with E-state index in [1.165, 1.54) is 5.57 Å². The Kier molecular flexibility index (Phi) is 8.13. The van der Waals surface area contributed by atoms with E-state index in [0.717, 1.165) is 55.4 Å². The summed E-state index contributed by atoms with van der Waals surface area (Å²) in [7, 11) is -0.988. The van der Waals surface area contributed by atoms with Gasteiger partial charge >= 0.3 is 7.12 Å². The summed E-state index contributed by atoms with van der Waals surface area (Å²) in [6.07, 6.45) is 11.4. The molecule has 7 nitrogen and oxygen atoms in total. The average molecular weight is 554 g/mol. The van der Waals surface area contributed by atoms with Gasteiger partial charge in [0, 0.05) is 17.8 Å². The molecular weight excluding hydrogens is 515 g/mol. The van der Waals surface area contributed by atoms with Crippen LogP contribution in [0.3, 0.4) is 0 Å². The van der Waals surface area contributed by atoms with Gasteiger partial charge in [0.05, 0.1) is 23.6 Å². The van der Waals surface area contributed by atoms with Crippen LogP contribution in [-0.2, 0) is 14.2 Å². The Bertz CT molecular complexity index is 1350. The zero-order chi connectivity index (χ0) is 28.5. The number of amides is 2. The first kappa shape index (κ1) is 27.9. The van der Waals surface area contributed by atoms with E-state index in [0.29, 0.717) is 31.1 Å². The van der Waals surface area contributed by atoms with Crippen LogP contribution in [0, 0.1) is 17.8 Å². The Balaban J connectivity index is 1.30. The minimum absolute atomic E-state index is 0.00234. The predicted octanol–water partition coefficient (Wildman–Crippen LogP) is 5.65. The second-order valence-corrected chi connectivity index (χ2v) is 12.0. The first-order valence-electron chi connectivity index (χ1n) is 15.3. The van der Waals surface area contributed by atoms with Crippen LogP contribution in [0.5, 0.6) is 5.75 Å². The highest BCUT2D eigenvalue weighted by molar-refractivity contribution is 6.43. The summed E-state index contributed by atoms with van der Waals surface area (Å²) < 4.78 is 6.19. The molecule has 0 radical (unpaired) electrons. The summed E-state index contributed by atoms with van der Waals surface area (Å²) in [6.45, 7) is 2.11. The number of hydrogen-bond donors (Lipinski definition) is 2. The maximum atomic E-state index is 13.9. The molecule has 4 atom stereocenters. The van der Waals surface area contributed by atoms with E-state index in [1.54, 1.807) is 23.2 Å². The molecule has 2 aromatic rings.